The number of carbonyl (C=O) groups is 1. The monoisotopic (exact) mass is 409 g/mol. The zero-order chi connectivity index (χ0) is 20.0. The van der Waals surface area contributed by atoms with Crippen molar-refractivity contribution in [1.29, 1.82) is 0 Å². The molecule has 5 rings (SSSR count). The van der Waals surface area contributed by atoms with Gasteiger partial charge in [0.1, 0.15) is 0 Å². The van der Waals surface area contributed by atoms with Gasteiger partial charge in [-0.25, -0.2) is 13.4 Å². The van der Waals surface area contributed by atoms with Crippen molar-refractivity contribution in [3.8, 4) is 11.6 Å². The summed E-state index contributed by atoms with van der Waals surface area (Å²) >= 11 is 0. The fraction of sp³-hybridized carbons (Fsp3) is 0.105. The highest BCUT2D eigenvalue weighted by atomic mass is 32.2. The van der Waals surface area contributed by atoms with E-state index in [0.29, 0.717) is 17.3 Å². The summed E-state index contributed by atoms with van der Waals surface area (Å²) in [5, 5.41) is 2.79. The molecule has 0 unspecified atom stereocenters. The molecule has 0 radical (unpaired) electrons. The summed E-state index contributed by atoms with van der Waals surface area (Å²) < 4.78 is 32.8. The summed E-state index contributed by atoms with van der Waals surface area (Å²) in [5.74, 6) is 0.817. The Labute approximate surface area is 165 Å². The van der Waals surface area contributed by atoms with Gasteiger partial charge in [0, 0.05) is 18.4 Å². The molecule has 0 aliphatic carbocycles. The number of allylic oxidation sites excluding steroid dienone is 2. The molecule has 0 atom stereocenters. The maximum atomic E-state index is 12.8. The number of sulfonamides is 1. The first-order chi connectivity index (χ1) is 14.0. The Hall–Kier alpha value is -3.66. The second-order valence-electron chi connectivity index (χ2n) is 6.56. The van der Waals surface area contributed by atoms with E-state index in [4.69, 9.17) is 4.42 Å². The number of hydrogen-bond acceptors (Lipinski definition) is 6. The van der Waals surface area contributed by atoms with Crippen molar-refractivity contribution in [2.24, 2.45) is 4.40 Å². The Bertz CT molecular complexity index is 1320. The summed E-state index contributed by atoms with van der Waals surface area (Å²) in [6.07, 6.45) is 6.52. The number of rotatable bonds is 3. The predicted octanol–water partition coefficient (Wildman–Crippen LogP) is 2.26. The van der Waals surface area contributed by atoms with Gasteiger partial charge in [0.25, 0.3) is 15.9 Å². The average molecular weight is 409 g/mol. The van der Waals surface area contributed by atoms with Crippen LogP contribution in [0.25, 0.3) is 22.6 Å². The van der Waals surface area contributed by atoms with Gasteiger partial charge in [-0.15, -0.1) is 4.40 Å². The lowest BCUT2D eigenvalue weighted by atomic mass is 10.1. The molecule has 2 N–H and O–H groups in total. The normalized spacial score (nSPS) is 17.6. The van der Waals surface area contributed by atoms with Crippen molar-refractivity contribution in [3.05, 3.63) is 60.5 Å². The van der Waals surface area contributed by atoms with Crippen molar-refractivity contribution in [2.45, 2.75) is 0 Å². The van der Waals surface area contributed by atoms with Crippen LogP contribution < -0.4 is 5.32 Å². The number of nitrogens with zero attached hydrogens (tertiary/aromatic N) is 3. The van der Waals surface area contributed by atoms with Gasteiger partial charge in [0.15, 0.2) is 17.4 Å². The molecule has 2 aromatic heterocycles. The molecule has 2 aliphatic heterocycles. The molecule has 0 saturated heterocycles. The Balaban J connectivity index is 1.43. The number of H-pyrrole nitrogens is 1. The minimum absolute atomic E-state index is 0.0791. The van der Waals surface area contributed by atoms with Gasteiger partial charge < -0.3 is 19.6 Å². The number of carbonyl (C=O) groups excluding carboxylic acids is 1. The number of imidazole rings is 1. The van der Waals surface area contributed by atoms with E-state index < -0.39 is 15.9 Å². The van der Waals surface area contributed by atoms with Crippen molar-refractivity contribution in [3.63, 3.8) is 0 Å². The highest BCUT2D eigenvalue weighted by Gasteiger charge is 2.30. The zero-order valence-electron chi connectivity index (χ0n) is 15.0. The van der Waals surface area contributed by atoms with Gasteiger partial charge >= 0.3 is 0 Å². The van der Waals surface area contributed by atoms with E-state index in [9.17, 15) is 13.2 Å². The number of hydrogen-bond donors (Lipinski definition) is 2. The van der Waals surface area contributed by atoms with E-state index in [1.54, 1.807) is 59.8 Å². The molecule has 0 bridgehead atoms. The second kappa shape index (κ2) is 6.45. The maximum absolute atomic E-state index is 12.8. The highest BCUT2D eigenvalue weighted by Crippen LogP contribution is 2.24. The molecule has 29 heavy (non-hydrogen) atoms. The van der Waals surface area contributed by atoms with E-state index in [1.807, 2.05) is 0 Å². The number of nitrogens with one attached hydrogen (secondary N) is 2. The molecule has 9 nitrogen and oxygen atoms in total. The number of benzene rings is 1. The summed E-state index contributed by atoms with van der Waals surface area (Å²) in [4.78, 5) is 22.1. The molecule has 2 aliphatic rings. The number of furan rings is 1. The number of aromatic nitrogens is 2. The average Bonchev–Trinajstić information content (AvgIpc) is 3.36. The SMILES string of the molecule is O=C(Nc1ccc2nc(-c3ccco3)[nH]c2c1)C1=CC=CN2CCS(=O)(=O)N=C12. The minimum Gasteiger partial charge on any atom is -0.461 e. The van der Waals surface area contributed by atoms with Crippen LogP contribution in [0.2, 0.25) is 0 Å². The molecule has 1 aromatic carbocycles. The maximum Gasteiger partial charge on any atom is 0.259 e. The van der Waals surface area contributed by atoms with Gasteiger partial charge in [-0.2, -0.15) is 0 Å². The van der Waals surface area contributed by atoms with Crippen LogP contribution in [0.1, 0.15) is 0 Å². The van der Waals surface area contributed by atoms with Crippen molar-refractivity contribution < 1.29 is 17.6 Å². The lowest BCUT2D eigenvalue weighted by Gasteiger charge is -2.28. The van der Waals surface area contributed by atoms with E-state index in [-0.39, 0.29) is 23.7 Å². The first-order valence-corrected chi connectivity index (χ1v) is 10.4. The van der Waals surface area contributed by atoms with Gasteiger partial charge in [-0.3, -0.25) is 4.79 Å². The van der Waals surface area contributed by atoms with Crippen LogP contribution in [0, 0.1) is 0 Å². The molecule has 4 heterocycles. The van der Waals surface area contributed by atoms with Crippen molar-refractivity contribution >= 4 is 38.5 Å². The number of amides is 1. The van der Waals surface area contributed by atoms with Crippen LogP contribution in [-0.4, -0.2) is 47.3 Å². The predicted molar refractivity (Wildman–Crippen MR) is 108 cm³/mol. The molecular formula is C19H15N5O4S. The molecule has 146 valence electrons. The highest BCUT2D eigenvalue weighted by molar-refractivity contribution is 7.90. The number of amidine groups is 1. The number of anilines is 1. The lowest BCUT2D eigenvalue weighted by Crippen LogP contribution is -2.40. The molecule has 3 aromatic rings. The Kier molecular flexibility index (Phi) is 3.88. The summed E-state index contributed by atoms with van der Waals surface area (Å²) in [6, 6.07) is 8.83. The van der Waals surface area contributed by atoms with Gasteiger partial charge in [-0.1, -0.05) is 0 Å². The van der Waals surface area contributed by atoms with Crippen molar-refractivity contribution in [2.75, 3.05) is 17.6 Å². The Morgan fingerprint density at radius 3 is 3.00 bits per heavy atom. The quantitative estimate of drug-likeness (QED) is 0.685. The smallest absolute Gasteiger partial charge is 0.259 e. The van der Waals surface area contributed by atoms with Gasteiger partial charge in [0.05, 0.1) is 28.6 Å². The van der Waals surface area contributed by atoms with E-state index >= 15 is 0 Å². The fourth-order valence-electron chi connectivity index (χ4n) is 3.21. The van der Waals surface area contributed by atoms with E-state index in [1.165, 1.54) is 0 Å². The molecule has 0 saturated carbocycles. The second-order valence-corrected chi connectivity index (χ2v) is 8.32. The molecule has 0 fully saturated rings. The van der Waals surface area contributed by atoms with Crippen LogP contribution in [0.5, 0.6) is 0 Å². The van der Waals surface area contributed by atoms with Crippen LogP contribution in [0.3, 0.4) is 0 Å². The topological polar surface area (TPSA) is 121 Å². The first kappa shape index (κ1) is 17.4. The standard InChI is InChI=1S/C19H15N5O4S/c25-19(13-3-1-7-24-8-10-29(26,27)23-18(13)24)20-12-5-6-14-15(11-12)22-17(21-14)16-4-2-9-28-16/h1-7,9,11H,8,10H2,(H,20,25)(H,21,22). The molecule has 1 amide bonds. The zero-order valence-corrected chi connectivity index (χ0v) is 15.8. The molecular weight excluding hydrogens is 394 g/mol. The Morgan fingerprint density at radius 2 is 2.17 bits per heavy atom. The third-order valence-corrected chi connectivity index (χ3v) is 5.75. The lowest BCUT2D eigenvalue weighted by molar-refractivity contribution is -0.112. The van der Waals surface area contributed by atoms with Crippen LogP contribution >= 0.6 is 0 Å². The summed E-state index contributed by atoms with van der Waals surface area (Å²) in [6.45, 7) is 0.262. The van der Waals surface area contributed by atoms with E-state index in [0.717, 1.165) is 11.0 Å². The van der Waals surface area contributed by atoms with Crippen LogP contribution in [0.4, 0.5) is 5.69 Å². The number of aromatic amines is 1. The minimum atomic E-state index is -3.57. The van der Waals surface area contributed by atoms with Crippen LogP contribution in [0.15, 0.2) is 69.3 Å². The third kappa shape index (κ3) is 3.23. The first-order valence-electron chi connectivity index (χ1n) is 8.82. The van der Waals surface area contributed by atoms with Gasteiger partial charge in [-0.05, 0) is 42.5 Å². The molecule has 10 heteroatoms. The molecule has 0 spiro atoms. The Morgan fingerprint density at radius 1 is 1.28 bits per heavy atom. The van der Waals surface area contributed by atoms with Crippen LogP contribution in [-0.2, 0) is 14.8 Å². The summed E-state index contributed by atoms with van der Waals surface area (Å²) in [5.41, 5.74) is 2.18. The number of fused-ring (bicyclic) bond motifs is 2. The van der Waals surface area contributed by atoms with Crippen molar-refractivity contribution in [1.82, 2.24) is 14.9 Å². The van der Waals surface area contributed by atoms with Gasteiger partial charge in [0.2, 0.25) is 0 Å². The summed E-state index contributed by atoms with van der Waals surface area (Å²) in [7, 11) is -3.57. The largest absolute Gasteiger partial charge is 0.461 e. The third-order valence-electron chi connectivity index (χ3n) is 4.60. The fourth-order valence-corrected chi connectivity index (χ4v) is 4.19. The van der Waals surface area contributed by atoms with E-state index in [2.05, 4.69) is 19.7 Å².